The summed E-state index contributed by atoms with van der Waals surface area (Å²) in [4.78, 5) is 32.1. The Morgan fingerprint density at radius 1 is 1.17 bits per heavy atom. The first-order chi connectivity index (χ1) is 8.61. The highest BCUT2D eigenvalue weighted by atomic mass is 16.3. The molecule has 0 saturated heterocycles. The molecule has 0 saturated carbocycles. The van der Waals surface area contributed by atoms with E-state index in [-0.39, 0.29) is 6.73 Å². The second kappa shape index (κ2) is 6.81. The van der Waals surface area contributed by atoms with Crippen molar-refractivity contribution in [1.29, 1.82) is 0 Å². The first kappa shape index (κ1) is 13.4. The predicted octanol–water partition coefficient (Wildman–Crippen LogP) is -1.52. The highest BCUT2D eigenvalue weighted by Gasteiger charge is 1.87. The fourth-order valence-electron chi connectivity index (χ4n) is 0.940. The van der Waals surface area contributed by atoms with Crippen molar-refractivity contribution in [2.24, 2.45) is 0 Å². The van der Waals surface area contributed by atoms with Gasteiger partial charge in [-0.1, -0.05) is 0 Å². The monoisotopic (exact) mass is 252 g/mol. The molecule has 0 atom stereocenters. The number of aliphatic hydroxyl groups excluding tert-OH is 1. The van der Waals surface area contributed by atoms with Crippen LogP contribution in [0.25, 0.3) is 0 Å². The summed E-state index contributed by atoms with van der Waals surface area (Å²) in [5.74, 6) is 0.799. The summed E-state index contributed by atoms with van der Waals surface area (Å²) in [7, 11) is 0. The van der Waals surface area contributed by atoms with E-state index in [1.807, 2.05) is 0 Å². The highest BCUT2D eigenvalue weighted by Crippen LogP contribution is 1.92. The van der Waals surface area contributed by atoms with Crippen LogP contribution in [0.15, 0.2) is 34.1 Å². The zero-order valence-corrected chi connectivity index (χ0v) is 9.25. The van der Waals surface area contributed by atoms with Gasteiger partial charge in [-0.15, -0.1) is 0 Å². The number of nitrogens with one attached hydrogen (secondary N) is 3. The number of aliphatic hydroxyl groups is 1. The van der Waals surface area contributed by atoms with Crippen molar-refractivity contribution < 1.29 is 5.11 Å². The lowest BCUT2D eigenvalue weighted by atomic mass is 10.6. The number of H-pyrrole nitrogens is 2. The highest BCUT2D eigenvalue weighted by molar-refractivity contribution is 5.30. The van der Waals surface area contributed by atoms with E-state index in [1.165, 1.54) is 18.5 Å². The number of aromatic nitrogens is 4. The summed E-state index contributed by atoms with van der Waals surface area (Å²) in [6.07, 6.45) is 2.71. The molecule has 2 aromatic rings. The number of anilines is 2. The Morgan fingerprint density at radius 3 is 2.22 bits per heavy atom. The summed E-state index contributed by atoms with van der Waals surface area (Å²) >= 11 is 0. The second-order valence-electron chi connectivity index (χ2n) is 2.95. The topological polar surface area (TPSA) is 150 Å². The van der Waals surface area contributed by atoms with E-state index < -0.39 is 11.4 Å². The minimum absolute atomic E-state index is 0.208. The summed E-state index contributed by atoms with van der Waals surface area (Å²) in [5, 5.41) is 10.9. The van der Waals surface area contributed by atoms with Crippen LogP contribution in [-0.4, -0.2) is 31.8 Å². The molecule has 0 amide bonds. The normalized spacial score (nSPS) is 9.17. The largest absolute Gasteiger partial charge is 0.385 e. The van der Waals surface area contributed by atoms with Crippen molar-refractivity contribution in [2.75, 3.05) is 17.8 Å². The SMILES string of the molecule is Nc1ccnc(=O)[nH]1.O=c1nccc(NCO)[nH]1. The molecule has 0 radical (unpaired) electrons. The van der Waals surface area contributed by atoms with Gasteiger partial charge in [0, 0.05) is 12.4 Å². The van der Waals surface area contributed by atoms with Gasteiger partial charge in [-0.2, -0.15) is 0 Å². The van der Waals surface area contributed by atoms with Gasteiger partial charge in [0.05, 0.1) is 0 Å². The number of aromatic amines is 2. The molecule has 96 valence electrons. The van der Waals surface area contributed by atoms with Gasteiger partial charge in [-0.05, 0) is 12.1 Å². The zero-order valence-electron chi connectivity index (χ0n) is 9.25. The molecule has 6 N–H and O–H groups in total. The number of hydrogen-bond acceptors (Lipinski definition) is 7. The number of rotatable bonds is 2. The van der Waals surface area contributed by atoms with Crippen LogP contribution in [0.2, 0.25) is 0 Å². The third-order valence-corrected chi connectivity index (χ3v) is 1.64. The number of nitrogen functional groups attached to an aromatic ring is 1. The van der Waals surface area contributed by atoms with Crippen molar-refractivity contribution in [3.05, 3.63) is 45.5 Å². The van der Waals surface area contributed by atoms with Crippen molar-refractivity contribution in [1.82, 2.24) is 19.9 Å². The molecule has 0 aliphatic rings. The van der Waals surface area contributed by atoms with Crippen LogP contribution >= 0.6 is 0 Å². The van der Waals surface area contributed by atoms with E-state index in [9.17, 15) is 9.59 Å². The van der Waals surface area contributed by atoms with Crippen molar-refractivity contribution in [3.63, 3.8) is 0 Å². The van der Waals surface area contributed by atoms with Crippen molar-refractivity contribution >= 4 is 11.6 Å². The number of nitrogens with two attached hydrogens (primary N) is 1. The summed E-state index contributed by atoms with van der Waals surface area (Å²) in [6, 6.07) is 3.07. The zero-order chi connectivity index (χ0) is 13.4. The van der Waals surface area contributed by atoms with E-state index in [1.54, 1.807) is 6.07 Å². The van der Waals surface area contributed by atoms with Crippen LogP contribution < -0.4 is 22.4 Å². The number of nitrogens with zero attached hydrogens (tertiary/aromatic N) is 2. The first-order valence-electron chi connectivity index (χ1n) is 4.82. The molecule has 2 aromatic heterocycles. The molecule has 0 aliphatic carbocycles. The van der Waals surface area contributed by atoms with Gasteiger partial charge in [0.25, 0.3) is 0 Å². The lowest BCUT2D eigenvalue weighted by Gasteiger charge is -1.98. The molecule has 0 unspecified atom stereocenters. The Morgan fingerprint density at radius 2 is 1.78 bits per heavy atom. The standard InChI is InChI=1S/C5H7N3O2.C4H5N3O/c9-3-7-4-1-2-6-5(10)8-4;5-3-1-2-6-4(8)7-3/h1-2,9H,3H2,(H2,6,7,8,10);1-2H,(H3,5,6,7,8). The number of hydrogen-bond donors (Lipinski definition) is 5. The fraction of sp³-hybridized carbons (Fsp3) is 0.111. The van der Waals surface area contributed by atoms with Crippen LogP contribution in [0.5, 0.6) is 0 Å². The van der Waals surface area contributed by atoms with Gasteiger partial charge in [0.1, 0.15) is 18.4 Å². The van der Waals surface area contributed by atoms with E-state index in [0.29, 0.717) is 11.6 Å². The predicted molar refractivity (Wildman–Crippen MR) is 64.8 cm³/mol. The van der Waals surface area contributed by atoms with Gasteiger partial charge in [-0.3, -0.25) is 9.97 Å². The maximum absolute atomic E-state index is 10.5. The van der Waals surface area contributed by atoms with Gasteiger partial charge in [-0.25, -0.2) is 19.6 Å². The Labute approximate surface area is 101 Å². The average molecular weight is 252 g/mol. The minimum atomic E-state index is -0.432. The fourth-order valence-corrected chi connectivity index (χ4v) is 0.940. The van der Waals surface area contributed by atoms with Crippen LogP contribution in [0.3, 0.4) is 0 Å². The summed E-state index contributed by atoms with van der Waals surface area (Å²) in [6.45, 7) is -0.208. The molecule has 18 heavy (non-hydrogen) atoms. The first-order valence-corrected chi connectivity index (χ1v) is 4.82. The molecular formula is C9H12N6O3. The molecule has 0 aliphatic heterocycles. The third kappa shape index (κ3) is 4.90. The Bertz CT molecular complexity index is 593. The molecule has 2 rings (SSSR count). The van der Waals surface area contributed by atoms with Crippen LogP contribution in [0.4, 0.5) is 11.6 Å². The van der Waals surface area contributed by atoms with Gasteiger partial charge >= 0.3 is 11.4 Å². The second-order valence-corrected chi connectivity index (χ2v) is 2.95. The van der Waals surface area contributed by atoms with Crippen LogP contribution in [0.1, 0.15) is 0 Å². The molecule has 2 heterocycles. The molecule has 0 bridgehead atoms. The quantitative estimate of drug-likeness (QED) is 0.407. The van der Waals surface area contributed by atoms with Crippen molar-refractivity contribution in [2.45, 2.75) is 0 Å². The van der Waals surface area contributed by atoms with Gasteiger partial charge < -0.3 is 16.2 Å². The van der Waals surface area contributed by atoms with E-state index >= 15 is 0 Å². The van der Waals surface area contributed by atoms with Gasteiger partial charge in [0.15, 0.2) is 0 Å². The Hall–Kier alpha value is -2.68. The van der Waals surface area contributed by atoms with E-state index in [0.717, 1.165) is 0 Å². The maximum atomic E-state index is 10.5. The average Bonchev–Trinajstić information content (AvgIpc) is 2.30. The smallest absolute Gasteiger partial charge is 0.346 e. The van der Waals surface area contributed by atoms with E-state index in [4.69, 9.17) is 10.8 Å². The molecule has 0 fully saturated rings. The molecule has 0 aromatic carbocycles. The lowest BCUT2D eigenvalue weighted by molar-refractivity contribution is 0.325. The molecule has 0 spiro atoms. The van der Waals surface area contributed by atoms with Gasteiger partial charge in [0.2, 0.25) is 0 Å². The minimum Gasteiger partial charge on any atom is -0.385 e. The Kier molecular flexibility index (Phi) is 5.06. The van der Waals surface area contributed by atoms with E-state index in [2.05, 4.69) is 25.3 Å². The Balaban J connectivity index is 0.000000184. The maximum Gasteiger partial charge on any atom is 0.346 e. The molecular weight excluding hydrogens is 240 g/mol. The third-order valence-electron chi connectivity index (χ3n) is 1.64. The van der Waals surface area contributed by atoms with Crippen molar-refractivity contribution in [3.8, 4) is 0 Å². The lowest BCUT2D eigenvalue weighted by Crippen LogP contribution is -2.12. The summed E-state index contributed by atoms with van der Waals surface area (Å²) in [5.41, 5.74) is 4.32. The summed E-state index contributed by atoms with van der Waals surface area (Å²) < 4.78 is 0. The van der Waals surface area contributed by atoms with Crippen LogP contribution in [0, 0.1) is 0 Å². The van der Waals surface area contributed by atoms with Crippen LogP contribution in [-0.2, 0) is 0 Å². The molecule has 9 nitrogen and oxygen atoms in total. The molecule has 9 heteroatoms.